The highest BCUT2D eigenvalue weighted by molar-refractivity contribution is 6.62. The molecule has 0 aromatic rings. The van der Waals surface area contributed by atoms with E-state index in [0.717, 1.165) is 25.7 Å². The van der Waals surface area contributed by atoms with Gasteiger partial charge in [0.15, 0.2) is 0 Å². The van der Waals surface area contributed by atoms with Gasteiger partial charge in [0, 0.05) is 26.9 Å². The minimum atomic E-state index is -2.88. The van der Waals surface area contributed by atoms with Crippen LogP contribution >= 0.6 is 0 Å². The van der Waals surface area contributed by atoms with E-state index in [1.165, 1.54) is 0 Å². The molecule has 0 aliphatic rings. The Morgan fingerprint density at radius 3 is 2.11 bits per heavy atom. The molecule has 0 saturated heterocycles. The molecule has 0 aliphatic heterocycles. The Morgan fingerprint density at radius 1 is 1.21 bits per heavy atom. The molecule has 5 nitrogen and oxygen atoms in total. The number of rotatable bonds is 10. The zero-order valence-electron chi connectivity index (χ0n) is 12.7. The fourth-order valence-corrected chi connectivity index (χ4v) is 4.11. The summed E-state index contributed by atoms with van der Waals surface area (Å²) in [6, 6.07) is 0. The Bertz CT molecular complexity index is 284. The highest BCUT2D eigenvalue weighted by Crippen LogP contribution is 2.18. The first-order valence-electron chi connectivity index (χ1n) is 6.59. The normalized spacial score (nSPS) is 13.1. The summed E-state index contributed by atoms with van der Waals surface area (Å²) in [6.45, 7) is 7.45. The van der Waals surface area contributed by atoms with Crippen molar-refractivity contribution >= 4 is 14.7 Å². The molecular weight excluding hydrogens is 262 g/mol. The molecule has 1 unspecified atom stereocenters. The predicted molar refractivity (Wildman–Crippen MR) is 77.7 cm³/mol. The van der Waals surface area contributed by atoms with Crippen LogP contribution in [-0.4, -0.2) is 41.7 Å². The van der Waals surface area contributed by atoms with Gasteiger partial charge in [-0.2, -0.15) is 0 Å². The monoisotopic (exact) mass is 289 g/mol. The number of carbonyl (C=O) groups excluding carboxylic acids is 1. The zero-order valence-corrected chi connectivity index (χ0v) is 13.7. The first kappa shape index (κ1) is 18.3. The summed E-state index contributed by atoms with van der Waals surface area (Å²) in [6.07, 6.45) is 3.97. The van der Waals surface area contributed by atoms with Gasteiger partial charge in [0.2, 0.25) is 5.91 Å². The Labute approximate surface area is 117 Å². The number of hydrogen-bond donors (Lipinski definition) is 1. The van der Waals surface area contributed by atoms with Gasteiger partial charge in [-0.25, -0.2) is 0 Å². The summed E-state index contributed by atoms with van der Waals surface area (Å²) in [5, 5.41) is 2.92. The lowest BCUT2D eigenvalue weighted by Crippen LogP contribution is -2.61. The Morgan fingerprint density at radius 2 is 1.74 bits per heavy atom. The quantitative estimate of drug-likeness (QED) is 0.380. The van der Waals surface area contributed by atoms with E-state index >= 15 is 0 Å². The van der Waals surface area contributed by atoms with E-state index in [-0.39, 0.29) is 11.6 Å². The molecule has 0 fully saturated rings. The van der Waals surface area contributed by atoms with E-state index in [9.17, 15) is 4.79 Å². The Hall–Kier alpha value is -0.693. The van der Waals surface area contributed by atoms with E-state index in [1.807, 2.05) is 0 Å². The van der Waals surface area contributed by atoms with Crippen LogP contribution in [0, 0.1) is 0 Å². The Balaban J connectivity index is 4.90. The average Bonchev–Trinajstić information content (AvgIpc) is 2.41. The minimum absolute atomic E-state index is 0.190. The molecule has 0 heterocycles. The molecule has 0 rings (SSSR count). The van der Waals surface area contributed by atoms with Gasteiger partial charge in [-0.05, 0) is 13.3 Å². The fraction of sp³-hybridized carbons (Fsp3) is 0.769. The van der Waals surface area contributed by atoms with E-state index in [0.29, 0.717) is 5.57 Å². The molecule has 1 amide bonds. The van der Waals surface area contributed by atoms with Crippen molar-refractivity contribution in [2.24, 2.45) is 0 Å². The molecule has 0 aromatic carbocycles. The maximum atomic E-state index is 11.8. The highest BCUT2D eigenvalue weighted by atomic mass is 28.4. The van der Waals surface area contributed by atoms with Crippen molar-refractivity contribution in [1.82, 2.24) is 5.32 Å². The van der Waals surface area contributed by atoms with Crippen LogP contribution in [0.2, 0.25) is 0 Å². The average molecular weight is 289 g/mol. The molecule has 0 saturated carbocycles. The molecule has 0 aliphatic carbocycles. The minimum Gasteiger partial charge on any atom is -0.376 e. The van der Waals surface area contributed by atoms with Gasteiger partial charge in [-0.1, -0.05) is 32.8 Å². The molecule has 0 bridgehead atoms. The van der Waals surface area contributed by atoms with Gasteiger partial charge in [-0.15, -0.1) is 0 Å². The van der Waals surface area contributed by atoms with Crippen molar-refractivity contribution in [2.45, 2.75) is 45.2 Å². The van der Waals surface area contributed by atoms with Gasteiger partial charge in [0.25, 0.3) is 0 Å². The number of unbranched alkanes of at least 4 members (excludes halogenated alkanes) is 2. The molecular formula is C13H27NO4Si. The predicted octanol–water partition coefficient (Wildman–Crippen LogP) is 2.04. The molecule has 6 heteroatoms. The molecule has 112 valence electrons. The van der Waals surface area contributed by atoms with Crippen LogP contribution in [0.5, 0.6) is 0 Å². The van der Waals surface area contributed by atoms with E-state index in [2.05, 4.69) is 18.8 Å². The van der Waals surface area contributed by atoms with Crippen LogP contribution in [-0.2, 0) is 18.1 Å². The van der Waals surface area contributed by atoms with Crippen molar-refractivity contribution in [1.29, 1.82) is 0 Å². The van der Waals surface area contributed by atoms with E-state index < -0.39 is 8.80 Å². The summed E-state index contributed by atoms with van der Waals surface area (Å²) >= 11 is 0. The largest absolute Gasteiger partial charge is 0.523 e. The summed E-state index contributed by atoms with van der Waals surface area (Å²) < 4.78 is 16.4. The first-order chi connectivity index (χ1) is 8.97. The topological polar surface area (TPSA) is 56.8 Å². The van der Waals surface area contributed by atoms with Crippen LogP contribution < -0.4 is 5.32 Å². The number of hydrogen-bond acceptors (Lipinski definition) is 4. The standard InChI is InChI=1S/C13H27NO4Si/c1-7-8-9-10-12(14-13(15)11(2)3)19(16-4,17-5)18-6/h12H,2,7-10H2,1,3-6H3,(H,14,15). The van der Waals surface area contributed by atoms with Crippen molar-refractivity contribution in [2.75, 3.05) is 21.3 Å². The number of amides is 1. The molecule has 19 heavy (non-hydrogen) atoms. The number of carbonyl (C=O) groups is 1. The van der Waals surface area contributed by atoms with Crippen LogP contribution in [0.15, 0.2) is 12.2 Å². The van der Waals surface area contributed by atoms with E-state index in [1.54, 1.807) is 28.3 Å². The van der Waals surface area contributed by atoms with Gasteiger partial charge < -0.3 is 18.6 Å². The third-order valence-corrected chi connectivity index (χ3v) is 6.06. The maximum Gasteiger partial charge on any atom is 0.523 e. The van der Waals surface area contributed by atoms with Crippen molar-refractivity contribution in [3.63, 3.8) is 0 Å². The zero-order chi connectivity index (χ0) is 14.9. The molecule has 1 N–H and O–H groups in total. The van der Waals surface area contributed by atoms with Crippen LogP contribution in [0.4, 0.5) is 0 Å². The van der Waals surface area contributed by atoms with E-state index in [4.69, 9.17) is 13.3 Å². The second-order valence-electron chi connectivity index (χ2n) is 4.52. The smallest absolute Gasteiger partial charge is 0.376 e. The van der Waals surface area contributed by atoms with Gasteiger partial charge in [0.1, 0.15) is 0 Å². The first-order valence-corrected chi connectivity index (χ1v) is 8.39. The van der Waals surface area contributed by atoms with Gasteiger partial charge in [0.05, 0.1) is 5.67 Å². The Kier molecular flexibility index (Phi) is 8.91. The fourth-order valence-electron chi connectivity index (χ4n) is 1.89. The second kappa shape index (κ2) is 9.25. The van der Waals surface area contributed by atoms with Crippen LogP contribution in [0.25, 0.3) is 0 Å². The van der Waals surface area contributed by atoms with Gasteiger partial charge in [-0.3, -0.25) is 4.79 Å². The molecule has 0 radical (unpaired) electrons. The summed E-state index contributed by atoms with van der Waals surface area (Å²) in [5.41, 5.74) is 0.218. The van der Waals surface area contributed by atoms with Crippen molar-refractivity contribution in [3.8, 4) is 0 Å². The van der Waals surface area contributed by atoms with Crippen molar-refractivity contribution in [3.05, 3.63) is 12.2 Å². The molecule has 0 aromatic heterocycles. The lowest BCUT2D eigenvalue weighted by molar-refractivity contribution is -0.118. The second-order valence-corrected chi connectivity index (χ2v) is 7.65. The van der Waals surface area contributed by atoms with Crippen LogP contribution in [0.3, 0.4) is 0 Å². The third kappa shape index (κ3) is 5.44. The summed E-state index contributed by atoms with van der Waals surface area (Å²) in [7, 11) is 1.79. The summed E-state index contributed by atoms with van der Waals surface area (Å²) in [5.74, 6) is -0.190. The van der Waals surface area contributed by atoms with Crippen molar-refractivity contribution < 1.29 is 18.1 Å². The van der Waals surface area contributed by atoms with Gasteiger partial charge >= 0.3 is 8.80 Å². The summed E-state index contributed by atoms with van der Waals surface area (Å²) in [4.78, 5) is 11.8. The number of nitrogens with one attached hydrogen (secondary N) is 1. The molecule has 0 spiro atoms. The third-order valence-electron chi connectivity index (χ3n) is 3.07. The molecule has 1 atom stereocenters. The SMILES string of the molecule is C=C(C)C(=O)NC(CCCCC)[Si](OC)(OC)OC. The van der Waals surface area contributed by atoms with Crippen LogP contribution in [0.1, 0.15) is 39.5 Å². The lowest BCUT2D eigenvalue weighted by Gasteiger charge is -2.33. The lowest BCUT2D eigenvalue weighted by atomic mass is 10.2. The highest BCUT2D eigenvalue weighted by Gasteiger charge is 2.47. The maximum absolute atomic E-state index is 11.8.